The molecule has 120 valence electrons. The van der Waals surface area contributed by atoms with Gasteiger partial charge in [0.1, 0.15) is 5.82 Å². The number of aromatic nitrogens is 2. The van der Waals surface area contributed by atoms with Gasteiger partial charge in [0.15, 0.2) is 0 Å². The van der Waals surface area contributed by atoms with Crippen LogP contribution in [0.1, 0.15) is 11.1 Å². The van der Waals surface area contributed by atoms with Crippen LogP contribution in [-0.2, 0) is 6.42 Å². The van der Waals surface area contributed by atoms with Crippen LogP contribution < -0.4 is 5.73 Å². The number of benzene rings is 1. The molecular weight excluding hydrogens is 341 g/mol. The summed E-state index contributed by atoms with van der Waals surface area (Å²) < 4.78 is 0. The Labute approximate surface area is 150 Å². The van der Waals surface area contributed by atoms with E-state index in [1.165, 1.54) is 0 Å². The molecule has 2 aromatic heterocycles. The molecular formula is C19H15Cl2N3. The minimum Gasteiger partial charge on any atom is -0.383 e. The summed E-state index contributed by atoms with van der Waals surface area (Å²) in [7, 11) is 0. The number of nitrogens with zero attached hydrogens (tertiary/aromatic N) is 2. The predicted molar refractivity (Wildman–Crippen MR) is 101 cm³/mol. The van der Waals surface area contributed by atoms with Crippen molar-refractivity contribution in [1.82, 2.24) is 9.97 Å². The smallest absolute Gasteiger partial charge is 0.130 e. The van der Waals surface area contributed by atoms with E-state index < -0.39 is 0 Å². The lowest BCUT2D eigenvalue weighted by atomic mass is 9.97. The second kappa shape index (κ2) is 7.04. The lowest BCUT2D eigenvalue weighted by molar-refractivity contribution is 1.25. The van der Waals surface area contributed by atoms with Crippen LogP contribution in [-0.4, -0.2) is 9.97 Å². The highest BCUT2D eigenvalue weighted by Gasteiger charge is 2.12. The largest absolute Gasteiger partial charge is 0.383 e. The Hall–Kier alpha value is -2.36. The number of anilines is 1. The molecule has 0 aliphatic heterocycles. The van der Waals surface area contributed by atoms with Crippen LogP contribution in [0.5, 0.6) is 0 Å². The van der Waals surface area contributed by atoms with Crippen LogP contribution in [0, 0.1) is 0 Å². The fourth-order valence-electron chi connectivity index (χ4n) is 2.46. The molecule has 3 nitrogen and oxygen atoms in total. The molecule has 0 aliphatic carbocycles. The number of hydrogen-bond donors (Lipinski definition) is 1. The third-order valence-corrected chi connectivity index (χ3v) is 4.45. The van der Waals surface area contributed by atoms with Gasteiger partial charge in [0.05, 0.1) is 0 Å². The maximum Gasteiger partial charge on any atom is 0.130 e. The zero-order valence-corrected chi connectivity index (χ0v) is 14.3. The van der Waals surface area contributed by atoms with Crippen molar-refractivity contribution in [3.8, 4) is 11.1 Å². The Morgan fingerprint density at radius 1 is 1.04 bits per heavy atom. The molecule has 2 N–H and O–H groups in total. The molecule has 24 heavy (non-hydrogen) atoms. The summed E-state index contributed by atoms with van der Waals surface area (Å²) in [6.45, 7) is 4.15. The SMILES string of the molecule is C=C(Cc1c(Cl)cccc1Cl)c1cc(-c2cccnc2)cnc1N. The summed E-state index contributed by atoms with van der Waals surface area (Å²) in [5.41, 5.74) is 10.4. The predicted octanol–water partition coefficient (Wildman–Crippen LogP) is 5.29. The maximum atomic E-state index is 6.25. The van der Waals surface area contributed by atoms with E-state index in [0.29, 0.717) is 22.3 Å². The minimum absolute atomic E-state index is 0.427. The van der Waals surface area contributed by atoms with Crippen LogP contribution in [0.2, 0.25) is 10.0 Å². The number of halogens is 2. The van der Waals surface area contributed by atoms with E-state index >= 15 is 0 Å². The van der Waals surface area contributed by atoms with Crippen LogP contribution >= 0.6 is 23.2 Å². The lowest BCUT2D eigenvalue weighted by Gasteiger charge is -2.13. The zero-order chi connectivity index (χ0) is 17.1. The van der Waals surface area contributed by atoms with Gasteiger partial charge in [0.25, 0.3) is 0 Å². The lowest BCUT2D eigenvalue weighted by Crippen LogP contribution is -2.00. The van der Waals surface area contributed by atoms with Crippen molar-refractivity contribution >= 4 is 34.6 Å². The molecule has 0 aliphatic rings. The van der Waals surface area contributed by atoms with E-state index in [-0.39, 0.29) is 0 Å². The van der Waals surface area contributed by atoms with Gasteiger partial charge in [-0.25, -0.2) is 4.98 Å². The van der Waals surface area contributed by atoms with Crippen molar-refractivity contribution in [3.05, 3.63) is 82.7 Å². The topological polar surface area (TPSA) is 51.8 Å². The molecule has 1 aromatic carbocycles. The molecule has 0 unspecified atom stereocenters. The molecule has 0 saturated heterocycles. The quantitative estimate of drug-likeness (QED) is 0.691. The first-order chi connectivity index (χ1) is 11.6. The summed E-state index contributed by atoms with van der Waals surface area (Å²) in [6.07, 6.45) is 5.74. The maximum absolute atomic E-state index is 6.25. The minimum atomic E-state index is 0.427. The third kappa shape index (κ3) is 3.42. The van der Waals surface area contributed by atoms with Gasteiger partial charge in [0, 0.05) is 51.7 Å². The number of nitrogen functional groups attached to an aromatic ring is 1. The van der Waals surface area contributed by atoms with Crippen LogP contribution in [0.3, 0.4) is 0 Å². The second-order valence-corrected chi connectivity index (χ2v) is 6.19. The van der Waals surface area contributed by atoms with Gasteiger partial charge in [-0.05, 0) is 35.4 Å². The van der Waals surface area contributed by atoms with Gasteiger partial charge in [-0.15, -0.1) is 0 Å². The monoisotopic (exact) mass is 355 g/mol. The molecule has 0 saturated carbocycles. The average Bonchev–Trinajstić information content (AvgIpc) is 2.59. The first-order valence-corrected chi connectivity index (χ1v) is 8.09. The van der Waals surface area contributed by atoms with Crippen LogP contribution in [0.15, 0.2) is 61.6 Å². The third-order valence-electron chi connectivity index (χ3n) is 3.75. The molecule has 0 radical (unpaired) electrons. The van der Waals surface area contributed by atoms with E-state index in [1.807, 2.05) is 36.4 Å². The van der Waals surface area contributed by atoms with Gasteiger partial charge in [-0.3, -0.25) is 4.98 Å². The van der Waals surface area contributed by atoms with Crippen molar-refractivity contribution in [3.63, 3.8) is 0 Å². The fraction of sp³-hybridized carbons (Fsp3) is 0.0526. The van der Waals surface area contributed by atoms with Gasteiger partial charge in [0.2, 0.25) is 0 Å². The number of nitrogens with two attached hydrogens (primary N) is 1. The second-order valence-electron chi connectivity index (χ2n) is 5.38. The summed E-state index contributed by atoms with van der Waals surface area (Å²) in [6, 6.07) is 11.2. The first kappa shape index (κ1) is 16.5. The Morgan fingerprint density at radius 3 is 2.46 bits per heavy atom. The number of pyridine rings is 2. The number of allylic oxidation sites excluding steroid dienone is 1. The van der Waals surface area contributed by atoms with Gasteiger partial charge < -0.3 is 5.73 Å². The van der Waals surface area contributed by atoms with Gasteiger partial charge >= 0.3 is 0 Å². The fourth-order valence-corrected chi connectivity index (χ4v) is 2.99. The molecule has 5 heteroatoms. The highest BCUT2D eigenvalue weighted by molar-refractivity contribution is 6.36. The van der Waals surface area contributed by atoms with Gasteiger partial charge in [-0.2, -0.15) is 0 Å². The van der Waals surface area contributed by atoms with Crippen LogP contribution in [0.4, 0.5) is 5.82 Å². The molecule has 3 aromatic rings. The Bertz CT molecular complexity index is 872. The summed E-state index contributed by atoms with van der Waals surface area (Å²) >= 11 is 12.5. The molecule has 0 amide bonds. The highest BCUT2D eigenvalue weighted by Crippen LogP contribution is 2.32. The van der Waals surface area contributed by atoms with E-state index in [9.17, 15) is 0 Å². The molecule has 0 bridgehead atoms. The van der Waals surface area contributed by atoms with Crippen molar-refractivity contribution in [2.75, 3.05) is 5.73 Å². The van der Waals surface area contributed by atoms with E-state index in [0.717, 1.165) is 27.8 Å². The van der Waals surface area contributed by atoms with E-state index in [2.05, 4.69) is 16.5 Å². The zero-order valence-electron chi connectivity index (χ0n) is 12.8. The Kier molecular flexibility index (Phi) is 4.84. The van der Waals surface area contributed by atoms with Crippen LogP contribution in [0.25, 0.3) is 16.7 Å². The molecule has 0 spiro atoms. The summed E-state index contributed by atoms with van der Waals surface area (Å²) in [4.78, 5) is 8.42. The Morgan fingerprint density at radius 2 is 1.79 bits per heavy atom. The van der Waals surface area contributed by atoms with Crippen molar-refractivity contribution in [2.45, 2.75) is 6.42 Å². The van der Waals surface area contributed by atoms with Crippen molar-refractivity contribution in [1.29, 1.82) is 0 Å². The normalized spacial score (nSPS) is 10.6. The number of hydrogen-bond acceptors (Lipinski definition) is 3. The van der Waals surface area contributed by atoms with E-state index in [4.69, 9.17) is 28.9 Å². The van der Waals surface area contributed by atoms with Gasteiger partial charge in [-0.1, -0.05) is 41.9 Å². The first-order valence-electron chi connectivity index (χ1n) is 7.33. The summed E-state index contributed by atoms with van der Waals surface area (Å²) in [5, 5.41) is 1.22. The molecule has 0 fully saturated rings. The van der Waals surface area contributed by atoms with Crippen molar-refractivity contribution in [2.24, 2.45) is 0 Å². The highest BCUT2D eigenvalue weighted by atomic mass is 35.5. The van der Waals surface area contributed by atoms with Crippen molar-refractivity contribution < 1.29 is 0 Å². The molecule has 3 rings (SSSR count). The number of rotatable bonds is 4. The van der Waals surface area contributed by atoms with E-state index in [1.54, 1.807) is 18.6 Å². The standard InChI is InChI=1S/C19H15Cl2N3/c1-12(8-16-17(20)5-2-6-18(16)21)15-9-14(11-24-19(15)22)13-4-3-7-23-10-13/h2-7,9-11H,1,8H2,(H2,22,24). The average molecular weight is 356 g/mol. The molecule has 0 atom stereocenters. The molecule has 2 heterocycles. The summed E-state index contributed by atoms with van der Waals surface area (Å²) in [5.74, 6) is 0.427. The Balaban J connectivity index is 1.95.